The van der Waals surface area contributed by atoms with Crippen LogP contribution in [0.1, 0.15) is 29.4 Å². The third kappa shape index (κ3) is 5.10. The lowest BCUT2D eigenvalue weighted by Gasteiger charge is -2.13. The van der Waals surface area contributed by atoms with E-state index in [1.807, 2.05) is 0 Å². The molecule has 1 aromatic heterocycles. The first kappa shape index (κ1) is 15.9. The van der Waals surface area contributed by atoms with Gasteiger partial charge in [-0.25, -0.2) is 4.98 Å². The van der Waals surface area contributed by atoms with Crippen molar-refractivity contribution in [3.05, 3.63) is 40.7 Å². The van der Waals surface area contributed by atoms with Crippen LogP contribution < -0.4 is 5.32 Å². The van der Waals surface area contributed by atoms with Crippen LogP contribution in [0.25, 0.3) is 0 Å². The lowest BCUT2D eigenvalue weighted by Crippen LogP contribution is -2.18. The number of hydrogen-bond donors (Lipinski definition) is 1. The van der Waals surface area contributed by atoms with E-state index < -0.39 is 0 Å². The van der Waals surface area contributed by atoms with E-state index in [-0.39, 0.29) is 0 Å². The summed E-state index contributed by atoms with van der Waals surface area (Å²) in [6, 6.07) is 7.02. The zero-order chi connectivity index (χ0) is 15.2. The molecule has 0 saturated carbocycles. The maximum Gasteiger partial charge on any atom is 0.202 e. The molecule has 0 aliphatic rings. The highest BCUT2D eigenvalue weighted by Gasteiger charge is 2.09. The van der Waals surface area contributed by atoms with E-state index in [1.165, 1.54) is 28.2 Å². The molecule has 2 rings (SSSR count). The first-order valence-corrected chi connectivity index (χ1v) is 7.99. The molecule has 0 bridgehead atoms. The molecule has 5 heteroatoms. The number of nitrogens with zero attached hydrogens (tertiary/aromatic N) is 2. The van der Waals surface area contributed by atoms with Crippen LogP contribution in [-0.4, -0.2) is 29.1 Å². The van der Waals surface area contributed by atoms with Crippen LogP contribution in [0.3, 0.4) is 0 Å². The van der Waals surface area contributed by atoms with Gasteiger partial charge in [-0.2, -0.15) is 4.37 Å². The first-order chi connectivity index (χ1) is 10.1. The lowest BCUT2D eigenvalue weighted by atomic mass is 10.0. The van der Waals surface area contributed by atoms with Gasteiger partial charge in [-0.1, -0.05) is 29.3 Å². The monoisotopic (exact) mass is 305 g/mol. The zero-order valence-electron chi connectivity index (χ0n) is 13.1. The van der Waals surface area contributed by atoms with Crippen LogP contribution in [0.2, 0.25) is 0 Å². The normalized spacial score (nSPS) is 12.4. The average molecular weight is 305 g/mol. The highest BCUT2D eigenvalue weighted by atomic mass is 32.1. The third-order valence-corrected chi connectivity index (χ3v) is 3.88. The second kappa shape index (κ2) is 7.52. The Morgan fingerprint density at radius 3 is 2.62 bits per heavy atom. The molecule has 21 heavy (non-hydrogen) atoms. The van der Waals surface area contributed by atoms with E-state index in [0.29, 0.717) is 12.6 Å². The van der Waals surface area contributed by atoms with Crippen molar-refractivity contribution in [1.82, 2.24) is 9.36 Å². The number of rotatable bonds is 7. The Kier molecular flexibility index (Phi) is 5.70. The van der Waals surface area contributed by atoms with Crippen LogP contribution in [0.5, 0.6) is 0 Å². The highest BCUT2D eigenvalue weighted by molar-refractivity contribution is 7.09. The minimum atomic E-state index is 0.328. The molecule has 0 amide bonds. The van der Waals surface area contributed by atoms with Gasteiger partial charge >= 0.3 is 0 Å². The summed E-state index contributed by atoms with van der Waals surface area (Å²) >= 11 is 1.42. The summed E-state index contributed by atoms with van der Waals surface area (Å²) in [7, 11) is 1.69. The van der Waals surface area contributed by atoms with Crippen molar-refractivity contribution in [2.24, 2.45) is 0 Å². The molecule has 1 N–H and O–H groups in total. The second-order valence-electron chi connectivity index (χ2n) is 5.50. The van der Waals surface area contributed by atoms with Gasteiger partial charge in [-0.05, 0) is 32.8 Å². The zero-order valence-corrected chi connectivity index (χ0v) is 14.0. The van der Waals surface area contributed by atoms with Crippen molar-refractivity contribution in [3.63, 3.8) is 0 Å². The minimum Gasteiger partial charge on any atom is -0.384 e. The predicted octanol–water partition coefficient (Wildman–Crippen LogP) is 3.39. The molecule has 1 aromatic carbocycles. The van der Waals surface area contributed by atoms with E-state index >= 15 is 0 Å². The summed E-state index contributed by atoms with van der Waals surface area (Å²) < 4.78 is 9.37. The Morgan fingerprint density at radius 1 is 1.24 bits per heavy atom. The molecule has 0 aliphatic heterocycles. The highest BCUT2D eigenvalue weighted by Crippen LogP contribution is 2.16. The summed E-state index contributed by atoms with van der Waals surface area (Å²) in [5.74, 6) is 0.850. The van der Waals surface area contributed by atoms with E-state index in [9.17, 15) is 0 Å². The standard InChI is InChI=1S/C16H23N3OS/c1-11-7-12(2)9-14(8-11)10-13(3)17-16-18-15(19-21-16)5-6-20-4/h7-9,13H,5-6,10H2,1-4H3,(H,17,18,19). The van der Waals surface area contributed by atoms with Gasteiger partial charge in [0.05, 0.1) is 6.61 Å². The second-order valence-corrected chi connectivity index (χ2v) is 6.26. The molecule has 2 aromatic rings. The Labute approximate surface area is 130 Å². The fourth-order valence-corrected chi connectivity index (χ4v) is 3.13. The third-order valence-electron chi connectivity index (χ3n) is 3.19. The summed E-state index contributed by atoms with van der Waals surface area (Å²) in [5.41, 5.74) is 3.99. The maximum absolute atomic E-state index is 5.04. The van der Waals surface area contributed by atoms with Crippen LogP contribution in [-0.2, 0) is 17.6 Å². The molecule has 0 saturated heterocycles. The van der Waals surface area contributed by atoms with Crippen LogP contribution in [0.15, 0.2) is 18.2 Å². The van der Waals surface area contributed by atoms with Gasteiger partial charge in [0.15, 0.2) is 0 Å². The molecule has 114 valence electrons. The molecular formula is C16H23N3OS. The minimum absolute atomic E-state index is 0.328. The van der Waals surface area contributed by atoms with Crippen LogP contribution in [0.4, 0.5) is 5.13 Å². The average Bonchev–Trinajstić information content (AvgIpc) is 2.82. The quantitative estimate of drug-likeness (QED) is 0.852. The Balaban J connectivity index is 1.91. The summed E-state index contributed by atoms with van der Waals surface area (Å²) in [5, 5.41) is 4.32. The molecule has 4 nitrogen and oxygen atoms in total. The molecule has 0 aliphatic carbocycles. The summed E-state index contributed by atoms with van der Waals surface area (Å²) in [6.07, 6.45) is 1.75. The molecule has 1 heterocycles. The van der Waals surface area contributed by atoms with Gasteiger partial charge in [0.25, 0.3) is 0 Å². The number of benzene rings is 1. The molecule has 0 fully saturated rings. The number of methoxy groups -OCH3 is 1. The fourth-order valence-electron chi connectivity index (χ4n) is 2.41. The van der Waals surface area contributed by atoms with Crippen molar-refractivity contribution >= 4 is 16.7 Å². The molecule has 1 unspecified atom stereocenters. The van der Waals surface area contributed by atoms with E-state index in [4.69, 9.17) is 4.74 Å². The number of hydrogen-bond acceptors (Lipinski definition) is 5. The van der Waals surface area contributed by atoms with Crippen molar-refractivity contribution in [2.45, 2.75) is 39.7 Å². The van der Waals surface area contributed by atoms with Gasteiger partial charge in [0, 0.05) is 31.1 Å². The maximum atomic E-state index is 5.04. The SMILES string of the molecule is COCCc1nsc(NC(C)Cc2cc(C)cc(C)c2)n1. The number of aryl methyl sites for hydroxylation is 2. The fraction of sp³-hybridized carbons (Fsp3) is 0.500. The first-order valence-electron chi connectivity index (χ1n) is 7.22. The molecule has 0 radical (unpaired) electrons. The number of ether oxygens (including phenoxy) is 1. The number of nitrogens with one attached hydrogen (secondary N) is 1. The van der Waals surface area contributed by atoms with Crippen LogP contribution in [0, 0.1) is 13.8 Å². The van der Waals surface area contributed by atoms with Crippen molar-refractivity contribution in [2.75, 3.05) is 19.0 Å². The predicted molar refractivity (Wildman–Crippen MR) is 88.2 cm³/mol. The van der Waals surface area contributed by atoms with Crippen molar-refractivity contribution in [3.8, 4) is 0 Å². The number of aromatic nitrogens is 2. The van der Waals surface area contributed by atoms with E-state index in [1.54, 1.807) is 7.11 Å². The molecular weight excluding hydrogens is 282 g/mol. The Bertz CT molecular complexity index is 562. The lowest BCUT2D eigenvalue weighted by molar-refractivity contribution is 0.201. The van der Waals surface area contributed by atoms with E-state index in [2.05, 4.69) is 53.6 Å². The summed E-state index contributed by atoms with van der Waals surface area (Å²) in [4.78, 5) is 4.48. The van der Waals surface area contributed by atoms with Crippen LogP contribution >= 0.6 is 11.5 Å². The van der Waals surface area contributed by atoms with Gasteiger partial charge in [0.1, 0.15) is 5.82 Å². The van der Waals surface area contributed by atoms with Gasteiger partial charge < -0.3 is 10.1 Å². The molecule has 1 atom stereocenters. The number of anilines is 1. The van der Waals surface area contributed by atoms with E-state index in [0.717, 1.165) is 23.8 Å². The Hall–Kier alpha value is -1.46. The van der Waals surface area contributed by atoms with Gasteiger partial charge in [-0.15, -0.1) is 0 Å². The topological polar surface area (TPSA) is 47.0 Å². The van der Waals surface area contributed by atoms with Gasteiger partial charge in [-0.3, -0.25) is 0 Å². The largest absolute Gasteiger partial charge is 0.384 e. The van der Waals surface area contributed by atoms with Crippen molar-refractivity contribution < 1.29 is 4.74 Å². The molecule has 0 spiro atoms. The summed E-state index contributed by atoms with van der Waals surface area (Å²) in [6.45, 7) is 7.12. The Morgan fingerprint density at radius 2 is 1.95 bits per heavy atom. The smallest absolute Gasteiger partial charge is 0.202 e. The van der Waals surface area contributed by atoms with Gasteiger partial charge in [0.2, 0.25) is 5.13 Å². The van der Waals surface area contributed by atoms with Crippen molar-refractivity contribution in [1.29, 1.82) is 0 Å².